The van der Waals surface area contributed by atoms with E-state index in [4.69, 9.17) is 4.74 Å². The molecule has 0 aromatic carbocycles. The van der Waals surface area contributed by atoms with Gasteiger partial charge in [-0.25, -0.2) is 0 Å². The number of carbonyl (C=O) groups excluding carboxylic acids is 2. The number of aryl methyl sites for hydroxylation is 2. The van der Waals surface area contributed by atoms with E-state index in [-0.39, 0.29) is 31.1 Å². The molecule has 9 heteroatoms. The molecule has 1 N–H and O–H groups in total. The fraction of sp³-hybridized carbons (Fsp3) is 0.643. The Morgan fingerprint density at radius 1 is 1.35 bits per heavy atom. The van der Waals surface area contributed by atoms with Crippen LogP contribution in [0.3, 0.4) is 0 Å². The Morgan fingerprint density at radius 3 is 2.43 bits per heavy atom. The molecule has 1 aromatic rings. The second kappa shape index (κ2) is 7.21. The van der Waals surface area contributed by atoms with E-state index >= 15 is 0 Å². The molecule has 0 bridgehead atoms. The Bertz CT molecular complexity index is 615. The van der Waals surface area contributed by atoms with Gasteiger partial charge in [0.2, 0.25) is 5.91 Å². The van der Waals surface area contributed by atoms with Gasteiger partial charge in [-0.05, 0) is 34.6 Å². The van der Waals surface area contributed by atoms with E-state index in [1.165, 1.54) is 4.68 Å². The first-order valence-corrected chi connectivity index (χ1v) is 7.18. The van der Waals surface area contributed by atoms with E-state index in [9.17, 15) is 19.7 Å². The molecule has 1 heterocycles. The lowest BCUT2D eigenvalue weighted by molar-refractivity contribution is -0.386. The topological polar surface area (TPSA) is 116 Å². The summed E-state index contributed by atoms with van der Waals surface area (Å²) in [7, 11) is 0. The van der Waals surface area contributed by atoms with Crippen molar-refractivity contribution in [2.45, 2.75) is 53.2 Å². The number of nitro groups is 1. The fourth-order valence-electron chi connectivity index (χ4n) is 2.01. The average Bonchev–Trinajstić information content (AvgIpc) is 2.66. The first-order valence-electron chi connectivity index (χ1n) is 7.18. The molecule has 0 spiro atoms. The first kappa shape index (κ1) is 18.6. The molecule has 0 saturated heterocycles. The van der Waals surface area contributed by atoms with Gasteiger partial charge in [0.05, 0.1) is 11.5 Å². The van der Waals surface area contributed by atoms with Crippen LogP contribution in [-0.2, 0) is 20.9 Å². The molecule has 0 atom stereocenters. The number of nitrogens with one attached hydrogen (secondary N) is 1. The highest BCUT2D eigenvalue weighted by Gasteiger charge is 2.22. The molecular formula is C14H22N4O5. The molecule has 0 saturated carbocycles. The molecule has 9 nitrogen and oxygen atoms in total. The SMILES string of the molecule is Cc1nn(CCC(=O)NCC(=O)OC(C)(C)C)c(C)c1[N+](=O)[O-]. The number of hydrogen-bond donors (Lipinski definition) is 1. The second-order valence-corrected chi connectivity index (χ2v) is 6.11. The Labute approximate surface area is 134 Å². The molecule has 1 amide bonds. The zero-order valence-corrected chi connectivity index (χ0v) is 14.0. The number of carbonyl (C=O) groups is 2. The number of amides is 1. The second-order valence-electron chi connectivity index (χ2n) is 6.11. The predicted molar refractivity (Wildman–Crippen MR) is 81.8 cm³/mol. The van der Waals surface area contributed by atoms with E-state index in [0.29, 0.717) is 11.4 Å². The molecule has 0 fully saturated rings. The number of ether oxygens (including phenoxy) is 1. The average molecular weight is 326 g/mol. The van der Waals surface area contributed by atoms with Crippen LogP contribution in [0.15, 0.2) is 0 Å². The number of esters is 1. The third-order valence-electron chi connectivity index (χ3n) is 2.93. The van der Waals surface area contributed by atoms with E-state index in [0.717, 1.165) is 0 Å². The summed E-state index contributed by atoms with van der Waals surface area (Å²) in [5.74, 6) is -0.876. The van der Waals surface area contributed by atoms with Crippen molar-refractivity contribution in [1.29, 1.82) is 0 Å². The van der Waals surface area contributed by atoms with Crippen LogP contribution in [0.2, 0.25) is 0 Å². The van der Waals surface area contributed by atoms with Gasteiger partial charge in [-0.15, -0.1) is 0 Å². The van der Waals surface area contributed by atoms with Crippen molar-refractivity contribution in [3.8, 4) is 0 Å². The Balaban J connectivity index is 2.50. The summed E-state index contributed by atoms with van der Waals surface area (Å²) < 4.78 is 6.49. The monoisotopic (exact) mass is 326 g/mol. The molecule has 0 aliphatic rings. The van der Waals surface area contributed by atoms with Crippen LogP contribution in [0.5, 0.6) is 0 Å². The van der Waals surface area contributed by atoms with Crippen molar-refractivity contribution in [1.82, 2.24) is 15.1 Å². The summed E-state index contributed by atoms with van der Waals surface area (Å²) in [6.45, 7) is 8.32. The third-order valence-corrected chi connectivity index (χ3v) is 2.93. The van der Waals surface area contributed by atoms with Crippen LogP contribution in [0, 0.1) is 24.0 Å². The smallest absolute Gasteiger partial charge is 0.325 e. The summed E-state index contributed by atoms with van der Waals surface area (Å²) >= 11 is 0. The summed E-state index contributed by atoms with van der Waals surface area (Å²) in [6.07, 6.45) is 0.0575. The van der Waals surface area contributed by atoms with Gasteiger partial charge in [0.15, 0.2) is 0 Å². The Kier molecular flexibility index (Phi) is 5.83. The maximum absolute atomic E-state index is 11.7. The lowest BCUT2D eigenvalue weighted by atomic mass is 10.2. The van der Waals surface area contributed by atoms with Gasteiger partial charge in [0, 0.05) is 6.42 Å². The van der Waals surface area contributed by atoms with E-state index in [1.807, 2.05) is 0 Å². The molecule has 0 aliphatic carbocycles. The number of aromatic nitrogens is 2. The van der Waals surface area contributed by atoms with Gasteiger partial charge in [-0.3, -0.25) is 24.4 Å². The highest BCUT2D eigenvalue weighted by atomic mass is 16.6. The minimum absolute atomic E-state index is 0.0424. The zero-order valence-electron chi connectivity index (χ0n) is 14.0. The van der Waals surface area contributed by atoms with Gasteiger partial charge >= 0.3 is 11.7 Å². The highest BCUT2D eigenvalue weighted by molar-refractivity contribution is 5.81. The quantitative estimate of drug-likeness (QED) is 0.478. The largest absolute Gasteiger partial charge is 0.459 e. The minimum atomic E-state index is -0.607. The Hall–Kier alpha value is -2.45. The molecule has 1 aromatic heterocycles. The zero-order chi connectivity index (χ0) is 17.8. The molecule has 1 rings (SSSR count). The van der Waals surface area contributed by atoms with Crippen LogP contribution < -0.4 is 5.32 Å². The molecule has 128 valence electrons. The molecular weight excluding hydrogens is 304 g/mol. The summed E-state index contributed by atoms with van der Waals surface area (Å²) in [6, 6.07) is 0. The normalized spacial score (nSPS) is 11.2. The van der Waals surface area contributed by atoms with Gasteiger partial charge < -0.3 is 10.1 Å². The van der Waals surface area contributed by atoms with Crippen LogP contribution in [-0.4, -0.2) is 38.7 Å². The van der Waals surface area contributed by atoms with Crippen LogP contribution in [0.25, 0.3) is 0 Å². The fourth-order valence-corrected chi connectivity index (χ4v) is 2.01. The first-order chi connectivity index (χ1) is 10.5. The number of hydrogen-bond acceptors (Lipinski definition) is 6. The van der Waals surface area contributed by atoms with Gasteiger partial charge in [0.25, 0.3) is 0 Å². The van der Waals surface area contributed by atoms with Crippen molar-refractivity contribution < 1.29 is 19.2 Å². The summed E-state index contributed by atoms with van der Waals surface area (Å²) in [5.41, 5.74) is 0.0537. The molecule has 0 radical (unpaired) electrons. The standard InChI is InChI=1S/C14H22N4O5/c1-9-13(18(21)22)10(2)17(16-9)7-6-11(19)15-8-12(20)23-14(3,4)5/h6-8H2,1-5H3,(H,15,19). The van der Waals surface area contributed by atoms with Crippen molar-refractivity contribution in [2.24, 2.45) is 0 Å². The minimum Gasteiger partial charge on any atom is -0.459 e. The predicted octanol–water partition coefficient (Wildman–Crippen LogP) is 1.26. The van der Waals surface area contributed by atoms with E-state index in [2.05, 4.69) is 10.4 Å². The van der Waals surface area contributed by atoms with Crippen molar-refractivity contribution in [2.75, 3.05) is 6.54 Å². The van der Waals surface area contributed by atoms with Crippen molar-refractivity contribution in [3.05, 3.63) is 21.5 Å². The van der Waals surface area contributed by atoms with Gasteiger partial charge in [-0.2, -0.15) is 5.10 Å². The highest BCUT2D eigenvalue weighted by Crippen LogP contribution is 2.21. The maximum Gasteiger partial charge on any atom is 0.325 e. The van der Waals surface area contributed by atoms with Crippen molar-refractivity contribution >= 4 is 17.6 Å². The number of rotatable bonds is 6. The molecule has 0 aliphatic heterocycles. The third kappa shape index (κ3) is 5.68. The van der Waals surface area contributed by atoms with Crippen molar-refractivity contribution in [3.63, 3.8) is 0 Å². The van der Waals surface area contributed by atoms with E-state index in [1.54, 1.807) is 34.6 Å². The number of nitrogens with zero attached hydrogens (tertiary/aromatic N) is 3. The van der Waals surface area contributed by atoms with Crippen LogP contribution in [0.4, 0.5) is 5.69 Å². The van der Waals surface area contributed by atoms with Gasteiger partial charge in [-0.1, -0.05) is 0 Å². The van der Waals surface area contributed by atoms with Crippen LogP contribution in [0.1, 0.15) is 38.6 Å². The lowest BCUT2D eigenvalue weighted by Crippen LogP contribution is -2.35. The summed E-state index contributed by atoms with van der Waals surface area (Å²) in [5, 5.41) is 17.4. The van der Waals surface area contributed by atoms with Crippen LogP contribution >= 0.6 is 0 Å². The lowest BCUT2D eigenvalue weighted by Gasteiger charge is -2.19. The summed E-state index contributed by atoms with van der Waals surface area (Å²) in [4.78, 5) is 33.6. The maximum atomic E-state index is 11.7. The Morgan fingerprint density at radius 2 is 1.96 bits per heavy atom. The van der Waals surface area contributed by atoms with E-state index < -0.39 is 16.5 Å². The molecule has 23 heavy (non-hydrogen) atoms. The molecule has 0 unspecified atom stereocenters. The van der Waals surface area contributed by atoms with Gasteiger partial charge in [0.1, 0.15) is 23.5 Å².